The molecule has 0 aromatic rings. The second kappa shape index (κ2) is 6.71. The zero-order chi connectivity index (χ0) is 13.7. The van der Waals surface area contributed by atoms with Crippen molar-refractivity contribution in [2.75, 3.05) is 5.75 Å². The molecule has 0 radical (unpaired) electrons. The Hall–Kier alpha value is -0.600. The van der Waals surface area contributed by atoms with Crippen molar-refractivity contribution in [1.29, 1.82) is 5.26 Å². The molecule has 0 amide bonds. The fourth-order valence-corrected chi connectivity index (χ4v) is 4.65. The Morgan fingerprint density at radius 2 is 1.89 bits per heavy atom. The zero-order valence-electron chi connectivity index (χ0n) is 11.5. The molecule has 0 unspecified atom stereocenters. The lowest BCUT2D eigenvalue weighted by atomic mass is 9.86. The van der Waals surface area contributed by atoms with Crippen LogP contribution >= 0.6 is 0 Å². The van der Waals surface area contributed by atoms with Crippen LogP contribution in [0.1, 0.15) is 57.8 Å². The lowest BCUT2D eigenvalue weighted by Gasteiger charge is -2.21. The maximum atomic E-state index is 11.9. The van der Waals surface area contributed by atoms with Crippen molar-refractivity contribution in [3.05, 3.63) is 0 Å². The van der Waals surface area contributed by atoms with Gasteiger partial charge >= 0.3 is 0 Å². The highest BCUT2D eigenvalue weighted by molar-refractivity contribution is 7.89. The van der Waals surface area contributed by atoms with Gasteiger partial charge < -0.3 is 0 Å². The summed E-state index contributed by atoms with van der Waals surface area (Å²) in [5.74, 6) is 1.51. The van der Waals surface area contributed by atoms with Crippen molar-refractivity contribution in [3.8, 4) is 6.07 Å². The van der Waals surface area contributed by atoms with Crippen molar-refractivity contribution in [2.24, 2.45) is 11.8 Å². The molecule has 2 fully saturated rings. The monoisotopic (exact) mass is 284 g/mol. The van der Waals surface area contributed by atoms with E-state index in [-0.39, 0.29) is 11.8 Å². The van der Waals surface area contributed by atoms with E-state index in [9.17, 15) is 8.42 Å². The summed E-state index contributed by atoms with van der Waals surface area (Å²) in [6.45, 7) is 0. The molecule has 0 aliphatic heterocycles. The molecule has 2 aliphatic carbocycles. The van der Waals surface area contributed by atoms with Crippen LogP contribution in [-0.4, -0.2) is 20.2 Å². The van der Waals surface area contributed by atoms with Gasteiger partial charge in [-0.1, -0.05) is 32.1 Å². The van der Waals surface area contributed by atoms with Gasteiger partial charge in [0.1, 0.15) is 0 Å². The number of rotatable bonds is 7. The maximum Gasteiger partial charge on any atom is 0.211 e. The van der Waals surface area contributed by atoms with Gasteiger partial charge in [0.25, 0.3) is 0 Å². The molecular formula is C14H24N2O2S. The second-order valence-corrected chi connectivity index (χ2v) is 7.83. The van der Waals surface area contributed by atoms with E-state index >= 15 is 0 Å². The maximum absolute atomic E-state index is 11.9. The molecule has 0 aromatic heterocycles. The van der Waals surface area contributed by atoms with Crippen LogP contribution in [0, 0.1) is 23.2 Å². The van der Waals surface area contributed by atoms with Crippen LogP contribution in [0.5, 0.6) is 0 Å². The Bertz CT molecular complexity index is 421. The van der Waals surface area contributed by atoms with Crippen molar-refractivity contribution < 1.29 is 8.42 Å². The number of hydrogen-bond donors (Lipinski definition) is 1. The summed E-state index contributed by atoms with van der Waals surface area (Å²) in [5, 5.41) is 8.41. The third kappa shape index (κ3) is 4.77. The highest BCUT2D eigenvalue weighted by atomic mass is 32.2. The number of sulfonamides is 1. The van der Waals surface area contributed by atoms with Gasteiger partial charge in [0.05, 0.1) is 11.8 Å². The van der Waals surface area contributed by atoms with Crippen LogP contribution in [-0.2, 0) is 10.0 Å². The first-order valence-corrected chi connectivity index (χ1v) is 9.14. The van der Waals surface area contributed by atoms with E-state index in [1.807, 2.05) is 6.07 Å². The summed E-state index contributed by atoms with van der Waals surface area (Å²) in [6, 6.07) is 2.24. The predicted octanol–water partition coefficient (Wildman–Crippen LogP) is 2.57. The molecule has 108 valence electrons. The third-order valence-electron chi connectivity index (χ3n) is 4.38. The Balaban J connectivity index is 1.68. The molecule has 2 rings (SSSR count). The Morgan fingerprint density at radius 1 is 1.16 bits per heavy atom. The topological polar surface area (TPSA) is 70.0 Å². The number of unbranched alkanes of at least 4 members (excludes halogenated alkanes) is 2. The summed E-state index contributed by atoms with van der Waals surface area (Å²) in [6.07, 6.45) is 9.28. The van der Waals surface area contributed by atoms with Crippen LogP contribution in [0.4, 0.5) is 0 Å². The van der Waals surface area contributed by atoms with Crippen LogP contribution in [0.2, 0.25) is 0 Å². The summed E-state index contributed by atoms with van der Waals surface area (Å²) >= 11 is 0. The molecule has 1 N–H and O–H groups in total. The second-order valence-electron chi connectivity index (χ2n) is 5.96. The fraction of sp³-hybridized carbons (Fsp3) is 0.929. The van der Waals surface area contributed by atoms with E-state index < -0.39 is 10.0 Å². The summed E-state index contributed by atoms with van der Waals surface area (Å²) in [4.78, 5) is 0. The number of nitrogens with one attached hydrogen (secondary N) is 1. The van der Waals surface area contributed by atoms with Crippen molar-refractivity contribution in [3.63, 3.8) is 0 Å². The molecule has 2 atom stereocenters. The van der Waals surface area contributed by atoms with Gasteiger partial charge in [-0.2, -0.15) is 5.26 Å². The van der Waals surface area contributed by atoms with E-state index in [2.05, 4.69) is 4.72 Å². The minimum atomic E-state index is -3.13. The molecule has 5 heteroatoms. The van der Waals surface area contributed by atoms with Gasteiger partial charge in [-0.3, -0.25) is 0 Å². The first-order chi connectivity index (χ1) is 9.12. The average Bonchev–Trinajstić information content (AvgIpc) is 3.14. The Kier molecular flexibility index (Phi) is 5.23. The van der Waals surface area contributed by atoms with Gasteiger partial charge in [0.15, 0.2) is 0 Å². The predicted molar refractivity (Wildman–Crippen MR) is 74.9 cm³/mol. The van der Waals surface area contributed by atoms with Gasteiger partial charge in [-0.25, -0.2) is 13.1 Å². The van der Waals surface area contributed by atoms with Gasteiger partial charge in [-0.05, 0) is 31.1 Å². The Labute approximate surface area is 116 Å². The number of hydrogen-bond acceptors (Lipinski definition) is 3. The minimum absolute atomic E-state index is 0.169. The standard InChI is InChI=1S/C14H24N2O2S/c15-9-5-2-6-10-19(17,18)16-14-11-13(14)12-7-3-1-4-8-12/h12-14,16H,1-8,10-11H2/t13-,14+/m0/s1. The number of nitrogens with zero attached hydrogens (tertiary/aromatic N) is 1. The van der Waals surface area contributed by atoms with E-state index in [1.165, 1.54) is 32.1 Å². The highest BCUT2D eigenvalue weighted by Gasteiger charge is 2.44. The summed E-state index contributed by atoms with van der Waals surface area (Å²) in [5.41, 5.74) is 0. The fourth-order valence-electron chi connectivity index (χ4n) is 3.22. The smallest absolute Gasteiger partial charge is 0.211 e. The van der Waals surface area contributed by atoms with Crippen LogP contribution in [0.15, 0.2) is 0 Å². The normalized spacial score (nSPS) is 27.9. The zero-order valence-corrected chi connectivity index (χ0v) is 12.3. The first kappa shape index (κ1) is 14.8. The van der Waals surface area contributed by atoms with Crippen LogP contribution in [0.3, 0.4) is 0 Å². The van der Waals surface area contributed by atoms with Gasteiger partial charge in [0, 0.05) is 12.5 Å². The number of nitriles is 1. The SMILES string of the molecule is N#CCCCCS(=O)(=O)N[C@@H]1C[C@H]1C1CCCCC1. The van der Waals surface area contributed by atoms with Crippen molar-refractivity contribution >= 4 is 10.0 Å². The molecule has 0 bridgehead atoms. The van der Waals surface area contributed by atoms with E-state index in [4.69, 9.17) is 5.26 Å². The minimum Gasteiger partial charge on any atom is -0.212 e. The van der Waals surface area contributed by atoms with Crippen LogP contribution in [0.25, 0.3) is 0 Å². The van der Waals surface area contributed by atoms with Gasteiger partial charge in [0.2, 0.25) is 10.0 Å². The quantitative estimate of drug-likeness (QED) is 0.730. The van der Waals surface area contributed by atoms with Crippen LogP contribution < -0.4 is 4.72 Å². The molecule has 19 heavy (non-hydrogen) atoms. The lowest BCUT2D eigenvalue weighted by molar-refractivity contribution is 0.316. The molecule has 2 aliphatic rings. The summed E-state index contributed by atoms with van der Waals surface area (Å²) < 4.78 is 26.6. The molecule has 4 nitrogen and oxygen atoms in total. The summed E-state index contributed by atoms with van der Waals surface area (Å²) in [7, 11) is -3.13. The van der Waals surface area contributed by atoms with Gasteiger partial charge in [-0.15, -0.1) is 0 Å². The third-order valence-corrected chi connectivity index (χ3v) is 5.87. The lowest BCUT2D eigenvalue weighted by Crippen LogP contribution is -2.30. The molecular weight excluding hydrogens is 260 g/mol. The molecule has 0 spiro atoms. The van der Waals surface area contributed by atoms with E-state index in [0.717, 1.165) is 12.3 Å². The molecule has 0 saturated heterocycles. The van der Waals surface area contributed by atoms with Crippen molar-refractivity contribution in [1.82, 2.24) is 4.72 Å². The molecule has 2 saturated carbocycles. The highest BCUT2D eigenvalue weighted by Crippen LogP contribution is 2.44. The van der Waals surface area contributed by atoms with E-state index in [0.29, 0.717) is 25.2 Å². The van der Waals surface area contributed by atoms with Crippen molar-refractivity contribution in [2.45, 2.75) is 63.8 Å². The largest absolute Gasteiger partial charge is 0.212 e. The Morgan fingerprint density at radius 3 is 2.58 bits per heavy atom. The average molecular weight is 284 g/mol. The molecule has 0 aromatic carbocycles. The van der Waals surface area contributed by atoms with E-state index in [1.54, 1.807) is 0 Å². The molecule has 0 heterocycles. The first-order valence-electron chi connectivity index (χ1n) is 7.49.